The Morgan fingerprint density at radius 3 is 2.30 bits per heavy atom. The highest BCUT2D eigenvalue weighted by atomic mass is 32.2. The minimum atomic E-state index is -5.41. The van der Waals surface area contributed by atoms with Crippen molar-refractivity contribution in [1.82, 2.24) is 0 Å². The Kier molecular flexibility index (Phi) is 5.41. The molecule has 20 heavy (non-hydrogen) atoms. The van der Waals surface area contributed by atoms with Gasteiger partial charge in [-0.2, -0.15) is 13.2 Å². The number of alkyl halides is 3. The standard InChI is InChI=1S/C12H16F3NO3S/c1-2-7-16(8-9-17)10-5-3-4-6-11(10)20(18,19)12(13,14)15/h3-6,17H,2,7-9H2,1H3. The van der Waals surface area contributed by atoms with E-state index >= 15 is 0 Å². The summed E-state index contributed by atoms with van der Waals surface area (Å²) in [6.45, 7) is 1.95. The summed E-state index contributed by atoms with van der Waals surface area (Å²) in [4.78, 5) is 0.646. The molecule has 0 amide bonds. The Hall–Kier alpha value is -1.28. The van der Waals surface area contributed by atoms with Gasteiger partial charge in [-0.25, -0.2) is 8.42 Å². The summed E-state index contributed by atoms with van der Waals surface area (Å²) in [5.41, 5.74) is -5.39. The van der Waals surface area contributed by atoms with Crippen molar-refractivity contribution in [1.29, 1.82) is 0 Å². The lowest BCUT2D eigenvalue weighted by molar-refractivity contribution is -0.0435. The van der Waals surface area contributed by atoms with Gasteiger partial charge in [0.1, 0.15) is 0 Å². The van der Waals surface area contributed by atoms with Crippen molar-refractivity contribution >= 4 is 15.5 Å². The minimum absolute atomic E-state index is 0.0410. The molecule has 0 fully saturated rings. The van der Waals surface area contributed by atoms with Crippen LogP contribution in [-0.2, 0) is 9.84 Å². The number of rotatable bonds is 6. The van der Waals surface area contributed by atoms with Gasteiger partial charge in [-0.1, -0.05) is 19.1 Å². The Morgan fingerprint density at radius 2 is 1.80 bits per heavy atom. The molecule has 1 aromatic carbocycles. The van der Waals surface area contributed by atoms with Crippen molar-refractivity contribution < 1.29 is 26.7 Å². The van der Waals surface area contributed by atoms with Crippen LogP contribution in [0.25, 0.3) is 0 Å². The Balaban J connectivity index is 3.37. The monoisotopic (exact) mass is 311 g/mol. The van der Waals surface area contributed by atoms with E-state index in [2.05, 4.69) is 0 Å². The van der Waals surface area contributed by atoms with Crippen LogP contribution < -0.4 is 4.90 Å². The Labute approximate surface area is 115 Å². The zero-order valence-corrected chi connectivity index (χ0v) is 11.7. The first kappa shape index (κ1) is 16.8. The van der Waals surface area contributed by atoms with Gasteiger partial charge in [0.15, 0.2) is 0 Å². The molecule has 0 aliphatic rings. The number of benzene rings is 1. The van der Waals surface area contributed by atoms with Crippen LogP contribution in [0.2, 0.25) is 0 Å². The third kappa shape index (κ3) is 3.43. The zero-order chi connectivity index (χ0) is 15.4. The van der Waals surface area contributed by atoms with E-state index in [1.54, 1.807) is 0 Å². The van der Waals surface area contributed by atoms with E-state index in [4.69, 9.17) is 5.11 Å². The summed E-state index contributed by atoms with van der Waals surface area (Å²) in [7, 11) is -5.41. The van der Waals surface area contributed by atoms with Gasteiger partial charge in [-0.05, 0) is 18.6 Å². The quantitative estimate of drug-likeness (QED) is 0.875. The smallest absolute Gasteiger partial charge is 0.395 e. The lowest BCUT2D eigenvalue weighted by atomic mass is 10.2. The maximum absolute atomic E-state index is 12.7. The van der Waals surface area contributed by atoms with Crippen LogP contribution in [0.4, 0.5) is 18.9 Å². The number of anilines is 1. The highest BCUT2D eigenvalue weighted by Gasteiger charge is 2.48. The largest absolute Gasteiger partial charge is 0.501 e. The maximum Gasteiger partial charge on any atom is 0.501 e. The van der Waals surface area contributed by atoms with E-state index in [9.17, 15) is 21.6 Å². The molecule has 0 heterocycles. The number of aliphatic hydroxyl groups is 1. The average molecular weight is 311 g/mol. The molecule has 1 rings (SSSR count). The zero-order valence-electron chi connectivity index (χ0n) is 10.9. The molecule has 0 spiro atoms. The lowest BCUT2D eigenvalue weighted by Gasteiger charge is -2.26. The molecule has 0 bridgehead atoms. The number of para-hydroxylation sites is 1. The summed E-state index contributed by atoms with van der Waals surface area (Å²) >= 11 is 0. The highest BCUT2D eigenvalue weighted by Crippen LogP contribution is 2.35. The predicted molar refractivity (Wildman–Crippen MR) is 69.3 cm³/mol. The van der Waals surface area contributed by atoms with E-state index in [-0.39, 0.29) is 18.8 Å². The minimum Gasteiger partial charge on any atom is -0.395 e. The fraction of sp³-hybridized carbons (Fsp3) is 0.500. The predicted octanol–water partition coefficient (Wildman–Crippen LogP) is 2.19. The highest BCUT2D eigenvalue weighted by molar-refractivity contribution is 7.92. The van der Waals surface area contributed by atoms with E-state index in [0.717, 1.165) is 6.07 Å². The van der Waals surface area contributed by atoms with Crippen LogP contribution in [-0.4, -0.2) is 38.7 Å². The molecule has 0 aromatic heterocycles. The summed E-state index contributed by atoms with van der Waals surface area (Å²) in [6, 6.07) is 4.94. The third-order valence-corrected chi connectivity index (χ3v) is 4.20. The van der Waals surface area contributed by atoms with E-state index in [0.29, 0.717) is 13.0 Å². The van der Waals surface area contributed by atoms with Crippen LogP contribution in [0.15, 0.2) is 29.2 Å². The van der Waals surface area contributed by atoms with Crippen molar-refractivity contribution in [3.05, 3.63) is 24.3 Å². The number of halogens is 3. The SMILES string of the molecule is CCCN(CCO)c1ccccc1S(=O)(=O)C(F)(F)F. The van der Waals surface area contributed by atoms with Crippen LogP contribution >= 0.6 is 0 Å². The van der Waals surface area contributed by atoms with Gasteiger partial charge in [0.2, 0.25) is 0 Å². The second kappa shape index (κ2) is 6.45. The lowest BCUT2D eigenvalue weighted by Crippen LogP contribution is -2.31. The summed E-state index contributed by atoms with van der Waals surface area (Å²) in [5.74, 6) is 0. The molecule has 1 N–H and O–H groups in total. The van der Waals surface area contributed by atoms with Gasteiger partial charge < -0.3 is 10.0 Å². The average Bonchev–Trinajstić information content (AvgIpc) is 2.37. The van der Waals surface area contributed by atoms with Crippen molar-refractivity contribution in [2.75, 3.05) is 24.6 Å². The second-order valence-corrected chi connectivity index (χ2v) is 6.04. The van der Waals surface area contributed by atoms with Gasteiger partial charge in [0.25, 0.3) is 9.84 Å². The van der Waals surface area contributed by atoms with Crippen molar-refractivity contribution in [2.45, 2.75) is 23.7 Å². The molecule has 114 valence electrons. The molecular weight excluding hydrogens is 295 g/mol. The molecule has 0 saturated heterocycles. The molecule has 8 heteroatoms. The first-order valence-electron chi connectivity index (χ1n) is 6.02. The van der Waals surface area contributed by atoms with E-state index in [1.165, 1.54) is 23.1 Å². The Morgan fingerprint density at radius 1 is 1.20 bits per heavy atom. The molecule has 1 aromatic rings. The van der Waals surface area contributed by atoms with Crippen molar-refractivity contribution in [3.8, 4) is 0 Å². The summed E-state index contributed by atoms with van der Waals surface area (Å²) in [6.07, 6.45) is 0.612. The molecule has 0 unspecified atom stereocenters. The molecule has 0 aliphatic heterocycles. The molecule has 0 saturated carbocycles. The van der Waals surface area contributed by atoms with Crippen LogP contribution in [0.3, 0.4) is 0 Å². The van der Waals surface area contributed by atoms with Crippen LogP contribution in [0.5, 0.6) is 0 Å². The van der Waals surface area contributed by atoms with Crippen LogP contribution in [0.1, 0.15) is 13.3 Å². The first-order chi connectivity index (χ1) is 9.25. The number of sulfone groups is 1. The molecule has 0 aliphatic carbocycles. The number of aliphatic hydroxyl groups excluding tert-OH is 1. The summed E-state index contributed by atoms with van der Waals surface area (Å²) in [5, 5.41) is 8.96. The molecule has 0 radical (unpaired) electrons. The van der Waals surface area contributed by atoms with Gasteiger partial charge in [0, 0.05) is 13.1 Å². The third-order valence-electron chi connectivity index (χ3n) is 2.66. The van der Waals surface area contributed by atoms with Crippen LogP contribution in [0, 0.1) is 0 Å². The van der Waals surface area contributed by atoms with Gasteiger partial charge in [-0.15, -0.1) is 0 Å². The first-order valence-corrected chi connectivity index (χ1v) is 7.50. The number of hydrogen-bond donors (Lipinski definition) is 1. The topological polar surface area (TPSA) is 57.6 Å². The summed E-state index contributed by atoms with van der Waals surface area (Å²) < 4.78 is 61.2. The maximum atomic E-state index is 12.7. The fourth-order valence-electron chi connectivity index (χ4n) is 1.81. The Bertz CT molecular complexity index is 537. The van der Waals surface area contributed by atoms with E-state index < -0.39 is 20.2 Å². The number of hydrogen-bond acceptors (Lipinski definition) is 4. The van der Waals surface area contributed by atoms with Crippen molar-refractivity contribution in [3.63, 3.8) is 0 Å². The van der Waals surface area contributed by atoms with Gasteiger partial charge >= 0.3 is 5.51 Å². The molecular formula is C12H16F3NO3S. The van der Waals surface area contributed by atoms with Gasteiger partial charge in [-0.3, -0.25) is 0 Å². The normalized spacial score (nSPS) is 12.4. The molecule has 4 nitrogen and oxygen atoms in total. The second-order valence-electron chi connectivity index (χ2n) is 4.13. The fourth-order valence-corrected chi connectivity index (χ4v) is 2.79. The number of nitrogens with zero attached hydrogens (tertiary/aromatic N) is 1. The van der Waals surface area contributed by atoms with E-state index in [1.807, 2.05) is 6.92 Å². The molecule has 0 atom stereocenters. The van der Waals surface area contributed by atoms with Gasteiger partial charge in [0.05, 0.1) is 17.2 Å². The van der Waals surface area contributed by atoms with Crippen molar-refractivity contribution in [2.24, 2.45) is 0 Å².